The van der Waals surface area contributed by atoms with Crippen molar-refractivity contribution in [2.24, 2.45) is 0 Å². The molecule has 1 aromatic carbocycles. The van der Waals surface area contributed by atoms with Crippen LogP contribution in [0.25, 0.3) is 0 Å². The molecule has 0 saturated carbocycles. The molecule has 1 rings (SSSR count). The predicted octanol–water partition coefficient (Wildman–Crippen LogP) is 2.60. The molecular weight excluding hydrogens is 258 g/mol. The number of nitrogens with zero attached hydrogens (tertiary/aromatic N) is 1. The van der Waals surface area contributed by atoms with E-state index < -0.39 is 6.09 Å². The van der Waals surface area contributed by atoms with Crippen molar-refractivity contribution >= 4 is 12.1 Å². The Kier molecular flexibility index (Phi) is 6.56. The molecule has 20 heavy (non-hydrogen) atoms. The van der Waals surface area contributed by atoms with E-state index in [1.165, 1.54) is 4.90 Å². The largest absolute Gasteiger partial charge is 0.461 e. The molecule has 0 aromatic heterocycles. The van der Waals surface area contributed by atoms with E-state index in [0.717, 1.165) is 5.56 Å². The molecule has 0 heterocycles. The summed E-state index contributed by atoms with van der Waals surface area (Å²) in [5.74, 6) is -0.335. The molecule has 0 aliphatic heterocycles. The van der Waals surface area contributed by atoms with Crippen LogP contribution in [0.5, 0.6) is 0 Å². The Morgan fingerprint density at radius 3 is 2.45 bits per heavy atom. The molecule has 0 fully saturated rings. The van der Waals surface area contributed by atoms with Gasteiger partial charge < -0.3 is 14.4 Å². The number of hydrogen-bond acceptors (Lipinski definition) is 4. The first kappa shape index (κ1) is 16.0. The van der Waals surface area contributed by atoms with Crippen LogP contribution in [0.2, 0.25) is 0 Å². The lowest BCUT2D eigenvalue weighted by Crippen LogP contribution is -2.31. The number of benzene rings is 1. The summed E-state index contributed by atoms with van der Waals surface area (Å²) in [5, 5.41) is 0. The number of amides is 1. The maximum atomic E-state index is 11.6. The van der Waals surface area contributed by atoms with Crippen molar-refractivity contribution in [1.82, 2.24) is 4.90 Å². The summed E-state index contributed by atoms with van der Waals surface area (Å²) >= 11 is 0. The quantitative estimate of drug-likeness (QED) is 0.751. The van der Waals surface area contributed by atoms with Gasteiger partial charge in [0.1, 0.15) is 6.61 Å². The summed E-state index contributed by atoms with van der Waals surface area (Å²) in [6, 6.07) is 9.46. The first-order valence-electron chi connectivity index (χ1n) is 6.60. The Bertz CT molecular complexity index is 431. The van der Waals surface area contributed by atoms with Crippen LogP contribution in [-0.2, 0) is 20.9 Å². The summed E-state index contributed by atoms with van der Waals surface area (Å²) in [7, 11) is 1.59. The fourth-order valence-corrected chi connectivity index (χ4v) is 1.45. The number of carbonyl (C=O) groups excluding carboxylic acids is 2. The van der Waals surface area contributed by atoms with E-state index in [9.17, 15) is 9.59 Å². The highest BCUT2D eigenvalue weighted by Gasteiger charge is 2.13. The highest BCUT2D eigenvalue weighted by Crippen LogP contribution is 2.03. The van der Waals surface area contributed by atoms with Crippen LogP contribution < -0.4 is 0 Å². The molecule has 0 atom stereocenters. The van der Waals surface area contributed by atoms with Crippen LogP contribution >= 0.6 is 0 Å². The number of esters is 1. The van der Waals surface area contributed by atoms with E-state index in [1.54, 1.807) is 20.9 Å². The number of hydrogen-bond donors (Lipinski definition) is 0. The Morgan fingerprint density at radius 1 is 1.20 bits per heavy atom. The van der Waals surface area contributed by atoms with Crippen LogP contribution in [0.4, 0.5) is 4.79 Å². The van der Waals surface area contributed by atoms with E-state index in [2.05, 4.69) is 0 Å². The first-order chi connectivity index (χ1) is 9.49. The van der Waals surface area contributed by atoms with Crippen molar-refractivity contribution < 1.29 is 19.1 Å². The summed E-state index contributed by atoms with van der Waals surface area (Å²) in [5.41, 5.74) is 0.938. The number of ether oxygens (including phenoxy) is 2. The summed E-state index contributed by atoms with van der Waals surface area (Å²) in [4.78, 5) is 24.4. The first-order valence-corrected chi connectivity index (χ1v) is 6.60. The fourth-order valence-electron chi connectivity index (χ4n) is 1.45. The van der Waals surface area contributed by atoms with Gasteiger partial charge in [0, 0.05) is 13.6 Å². The lowest BCUT2D eigenvalue weighted by atomic mass is 10.2. The molecule has 5 heteroatoms. The monoisotopic (exact) mass is 279 g/mol. The van der Waals surface area contributed by atoms with Crippen LogP contribution in [0, 0.1) is 0 Å². The molecule has 0 saturated heterocycles. The van der Waals surface area contributed by atoms with E-state index in [0.29, 0.717) is 0 Å². The van der Waals surface area contributed by atoms with Crippen molar-refractivity contribution in [2.75, 3.05) is 13.6 Å². The summed E-state index contributed by atoms with van der Waals surface area (Å²) in [6.45, 7) is 4.08. The zero-order valence-corrected chi connectivity index (χ0v) is 12.2. The average molecular weight is 279 g/mol. The highest BCUT2D eigenvalue weighted by molar-refractivity contribution is 5.71. The van der Waals surface area contributed by atoms with Gasteiger partial charge in [-0.15, -0.1) is 0 Å². The molecule has 0 spiro atoms. The minimum atomic E-state index is -0.434. The molecule has 0 aliphatic rings. The average Bonchev–Trinajstić information content (AvgIpc) is 2.42. The SMILES string of the molecule is CC(C)OC(=O)N(C)CCC(=O)OCc1ccccc1. The minimum absolute atomic E-state index is 0.149. The Labute approximate surface area is 119 Å². The van der Waals surface area contributed by atoms with Crippen LogP contribution in [0.15, 0.2) is 30.3 Å². The predicted molar refractivity (Wildman–Crippen MR) is 75.1 cm³/mol. The lowest BCUT2D eigenvalue weighted by Gasteiger charge is -2.18. The second-order valence-corrected chi connectivity index (χ2v) is 4.75. The second kappa shape index (κ2) is 8.19. The van der Waals surface area contributed by atoms with Gasteiger partial charge in [-0.1, -0.05) is 30.3 Å². The van der Waals surface area contributed by atoms with Gasteiger partial charge in [0.15, 0.2) is 0 Å². The van der Waals surface area contributed by atoms with Gasteiger partial charge in [0.05, 0.1) is 12.5 Å². The van der Waals surface area contributed by atoms with Gasteiger partial charge in [0.25, 0.3) is 0 Å². The molecule has 1 aromatic rings. The molecule has 1 amide bonds. The third-order valence-corrected chi connectivity index (χ3v) is 2.54. The summed E-state index contributed by atoms with van der Waals surface area (Å²) in [6.07, 6.45) is -0.456. The van der Waals surface area contributed by atoms with Crippen LogP contribution in [0.3, 0.4) is 0 Å². The Hall–Kier alpha value is -2.04. The molecule has 0 N–H and O–H groups in total. The van der Waals surface area contributed by atoms with Crippen molar-refractivity contribution in [1.29, 1.82) is 0 Å². The lowest BCUT2D eigenvalue weighted by molar-refractivity contribution is -0.145. The fraction of sp³-hybridized carbons (Fsp3) is 0.467. The topological polar surface area (TPSA) is 55.8 Å². The number of carbonyl (C=O) groups is 2. The zero-order chi connectivity index (χ0) is 15.0. The standard InChI is InChI=1S/C15H21NO4/c1-12(2)20-15(18)16(3)10-9-14(17)19-11-13-7-5-4-6-8-13/h4-8,12H,9-11H2,1-3H3. The maximum Gasteiger partial charge on any atom is 0.409 e. The molecule has 0 unspecified atom stereocenters. The Morgan fingerprint density at radius 2 is 1.85 bits per heavy atom. The number of rotatable bonds is 6. The highest BCUT2D eigenvalue weighted by atomic mass is 16.6. The second-order valence-electron chi connectivity index (χ2n) is 4.75. The molecule has 5 nitrogen and oxygen atoms in total. The molecular formula is C15H21NO4. The normalized spacial score (nSPS) is 10.2. The zero-order valence-electron chi connectivity index (χ0n) is 12.2. The van der Waals surface area contributed by atoms with Gasteiger partial charge in [0.2, 0.25) is 0 Å². The summed E-state index contributed by atoms with van der Waals surface area (Å²) < 4.78 is 10.1. The Balaban J connectivity index is 2.24. The van der Waals surface area contributed by atoms with Gasteiger partial charge in [-0.2, -0.15) is 0 Å². The van der Waals surface area contributed by atoms with Crippen LogP contribution in [-0.4, -0.2) is 36.7 Å². The van der Waals surface area contributed by atoms with Crippen molar-refractivity contribution in [3.8, 4) is 0 Å². The third-order valence-electron chi connectivity index (χ3n) is 2.54. The molecule has 0 aliphatic carbocycles. The van der Waals surface area contributed by atoms with Gasteiger partial charge >= 0.3 is 12.1 Å². The van der Waals surface area contributed by atoms with Crippen LogP contribution in [0.1, 0.15) is 25.8 Å². The van der Waals surface area contributed by atoms with Crippen molar-refractivity contribution in [3.05, 3.63) is 35.9 Å². The van der Waals surface area contributed by atoms with Gasteiger partial charge in [-0.3, -0.25) is 4.79 Å². The third kappa shape index (κ3) is 6.22. The van der Waals surface area contributed by atoms with Crippen molar-refractivity contribution in [3.63, 3.8) is 0 Å². The maximum absolute atomic E-state index is 11.6. The van der Waals surface area contributed by atoms with Gasteiger partial charge in [-0.25, -0.2) is 4.79 Å². The van der Waals surface area contributed by atoms with E-state index in [1.807, 2.05) is 30.3 Å². The van der Waals surface area contributed by atoms with Crippen molar-refractivity contribution in [2.45, 2.75) is 33.0 Å². The minimum Gasteiger partial charge on any atom is -0.461 e. The molecule has 0 bridgehead atoms. The molecule has 110 valence electrons. The molecule has 0 radical (unpaired) electrons. The smallest absolute Gasteiger partial charge is 0.409 e. The van der Waals surface area contributed by atoms with E-state index >= 15 is 0 Å². The van der Waals surface area contributed by atoms with Gasteiger partial charge in [-0.05, 0) is 19.4 Å². The van der Waals surface area contributed by atoms with E-state index in [-0.39, 0.29) is 31.6 Å². The van der Waals surface area contributed by atoms with E-state index in [4.69, 9.17) is 9.47 Å².